The Morgan fingerprint density at radius 2 is 1.36 bits per heavy atom. The van der Waals surface area contributed by atoms with Crippen molar-refractivity contribution in [1.82, 2.24) is 19.3 Å². The van der Waals surface area contributed by atoms with Crippen LogP contribution in [0.4, 0.5) is 0 Å². The molecule has 44 heavy (non-hydrogen) atoms. The number of rotatable bonds is 6. The molecule has 0 spiro atoms. The maximum absolute atomic E-state index is 6.57. The van der Waals surface area contributed by atoms with E-state index in [1.54, 1.807) is 0 Å². The average Bonchev–Trinajstić information content (AvgIpc) is 3.71. The summed E-state index contributed by atoms with van der Waals surface area (Å²) in [5.41, 5.74) is 7.57. The van der Waals surface area contributed by atoms with E-state index in [2.05, 4.69) is 114 Å². The van der Waals surface area contributed by atoms with E-state index in [1.165, 1.54) is 5.39 Å². The standard InChI is InChI=1S/C38H25N4O.Pt/c1-3-10-27(11-4-1)29-20-21-39-38(22-29)42-36-17-8-7-16-34(36)35-19-18-33(24-37(35)42)43-32-15-9-14-31(23-32)41-26-30(25-40-41)28-12-5-2-6-13-28;/h1-23,25-26H;. The van der Waals surface area contributed by atoms with E-state index in [1.807, 2.05) is 71.8 Å². The second kappa shape index (κ2) is 11.1. The molecule has 8 aromatic rings. The number of pyridine rings is 1. The van der Waals surface area contributed by atoms with Gasteiger partial charge >= 0.3 is 261 Å². The van der Waals surface area contributed by atoms with E-state index in [0.717, 1.165) is 65.6 Å². The minimum atomic E-state index is 0.740. The van der Waals surface area contributed by atoms with Gasteiger partial charge in [0.25, 0.3) is 0 Å². The Morgan fingerprint density at radius 1 is 0.614 bits per heavy atom. The number of fused-ring (bicyclic) bond motifs is 3. The number of aromatic nitrogens is 4. The van der Waals surface area contributed by atoms with Gasteiger partial charge in [0.15, 0.2) is 0 Å². The quantitative estimate of drug-likeness (QED) is 0.171. The molecular formula is C38H25N4OPt. The van der Waals surface area contributed by atoms with Gasteiger partial charge in [-0.15, -0.1) is 0 Å². The summed E-state index contributed by atoms with van der Waals surface area (Å²) < 4.78 is 11.7. The summed E-state index contributed by atoms with van der Waals surface area (Å²) in [4.78, 5) is 4.84. The Hall–Kier alpha value is -5.25. The van der Waals surface area contributed by atoms with Gasteiger partial charge in [-0.1, -0.05) is 6.07 Å². The van der Waals surface area contributed by atoms with Gasteiger partial charge in [0.05, 0.1) is 0 Å². The molecule has 0 unspecified atom stereocenters. The first-order valence-electron chi connectivity index (χ1n) is 14.3. The zero-order valence-electron chi connectivity index (χ0n) is 23.4. The molecule has 3 aromatic heterocycles. The molecule has 0 amide bonds. The molecule has 3 heterocycles. The third-order valence-corrected chi connectivity index (χ3v) is 8.89. The normalized spacial score (nSPS) is 11.3. The van der Waals surface area contributed by atoms with Gasteiger partial charge in [0.1, 0.15) is 0 Å². The van der Waals surface area contributed by atoms with E-state index in [4.69, 9.17) is 9.72 Å². The Kier molecular flexibility index (Phi) is 6.66. The van der Waals surface area contributed by atoms with Gasteiger partial charge in [-0.3, -0.25) is 0 Å². The summed E-state index contributed by atoms with van der Waals surface area (Å²) in [5.74, 6) is 2.39. The Labute approximate surface area is 265 Å². The first-order chi connectivity index (χ1) is 21.7. The zero-order valence-corrected chi connectivity index (χ0v) is 25.7. The summed E-state index contributed by atoms with van der Waals surface area (Å²) in [6, 6.07) is 45.6. The van der Waals surface area contributed by atoms with E-state index in [-0.39, 0.29) is 0 Å². The van der Waals surface area contributed by atoms with Gasteiger partial charge in [0.2, 0.25) is 0 Å². The molecule has 0 aliphatic carbocycles. The van der Waals surface area contributed by atoms with Crippen molar-refractivity contribution in [3.05, 3.63) is 152 Å². The van der Waals surface area contributed by atoms with Crippen LogP contribution in [0.3, 0.4) is 0 Å². The number of benzene rings is 5. The molecular weight excluding hydrogens is 724 g/mol. The molecule has 0 bridgehead atoms. The summed E-state index contributed by atoms with van der Waals surface area (Å²) in [6.07, 6.45) is 5.81. The second-order valence-electron chi connectivity index (χ2n) is 10.5. The number of nitrogens with zero attached hydrogens (tertiary/aromatic N) is 4. The third-order valence-electron chi connectivity index (χ3n) is 7.79. The molecule has 0 radical (unpaired) electrons. The Bertz CT molecular complexity index is 2270. The van der Waals surface area contributed by atoms with E-state index >= 15 is 0 Å². The van der Waals surface area contributed by atoms with Crippen LogP contribution in [0.5, 0.6) is 11.5 Å². The number of hydrogen-bond acceptors (Lipinski definition) is 3. The monoisotopic (exact) mass is 748 g/mol. The van der Waals surface area contributed by atoms with Crippen molar-refractivity contribution in [1.29, 1.82) is 0 Å². The summed E-state index contributed by atoms with van der Waals surface area (Å²) in [6.45, 7) is 0. The molecule has 0 aliphatic rings. The maximum atomic E-state index is 6.57. The van der Waals surface area contributed by atoms with Gasteiger partial charge < -0.3 is 0 Å². The van der Waals surface area contributed by atoms with Crippen LogP contribution in [0.2, 0.25) is 0 Å². The number of para-hydroxylation sites is 1. The van der Waals surface area contributed by atoms with E-state index in [0.29, 0.717) is 0 Å². The van der Waals surface area contributed by atoms with Crippen molar-refractivity contribution in [2.24, 2.45) is 0 Å². The van der Waals surface area contributed by atoms with Crippen LogP contribution in [0.1, 0.15) is 0 Å². The van der Waals surface area contributed by atoms with Crippen LogP contribution in [0.25, 0.3) is 55.6 Å². The van der Waals surface area contributed by atoms with Crippen LogP contribution < -0.4 is 8.69 Å². The number of hydrogen-bond donors (Lipinski definition) is 0. The van der Waals surface area contributed by atoms with Gasteiger partial charge in [-0.05, 0) is 0 Å². The molecule has 6 heteroatoms. The molecule has 0 N–H and O–H groups in total. The van der Waals surface area contributed by atoms with Crippen molar-refractivity contribution >= 4 is 25.8 Å². The van der Waals surface area contributed by atoms with Crippen molar-refractivity contribution < 1.29 is 24.6 Å². The summed E-state index contributed by atoms with van der Waals surface area (Å²) in [7, 11) is 0. The fourth-order valence-electron chi connectivity index (χ4n) is 5.70. The first kappa shape index (κ1) is 26.4. The first-order valence-corrected chi connectivity index (χ1v) is 15.5. The van der Waals surface area contributed by atoms with Crippen molar-refractivity contribution in [2.45, 2.75) is 0 Å². The van der Waals surface area contributed by atoms with Crippen molar-refractivity contribution in [3.63, 3.8) is 0 Å². The third kappa shape index (κ3) is 4.72. The number of ether oxygens (including phenoxy) is 1. The molecule has 0 aliphatic heterocycles. The zero-order chi connectivity index (χ0) is 29.5. The van der Waals surface area contributed by atoms with Gasteiger partial charge in [-0.25, -0.2) is 0 Å². The Morgan fingerprint density at radius 3 is 2.18 bits per heavy atom. The predicted octanol–water partition coefficient (Wildman–Crippen LogP) is 8.66. The topological polar surface area (TPSA) is 44.9 Å². The molecule has 0 atom stereocenters. The van der Waals surface area contributed by atoms with Gasteiger partial charge in [0, 0.05) is 0 Å². The van der Waals surface area contributed by atoms with Gasteiger partial charge in [-0.2, -0.15) is 0 Å². The molecule has 0 fully saturated rings. The second-order valence-corrected chi connectivity index (χ2v) is 11.6. The van der Waals surface area contributed by atoms with Crippen LogP contribution in [0, 0.1) is 0 Å². The molecule has 0 saturated carbocycles. The average molecular weight is 749 g/mol. The van der Waals surface area contributed by atoms with Crippen LogP contribution in [0.15, 0.2) is 152 Å². The summed E-state index contributed by atoms with van der Waals surface area (Å²) >= 11 is 2.39. The van der Waals surface area contributed by atoms with E-state index < -0.39 is 0 Å². The Balaban J connectivity index is 1.20. The fraction of sp³-hybridized carbons (Fsp3) is 0. The van der Waals surface area contributed by atoms with Crippen molar-refractivity contribution in [3.8, 4) is 45.3 Å². The van der Waals surface area contributed by atoms with Crippen LogP contribution in [-0.4, -0.2) is 19.3 Å². The molecule has 8 rings (SSSR count). The van der Waals surface area contributed by atoms with E-state index in [9.17, 15) is 0 Å². The molecule has 213 valence electrons. The molecule has 5 nitrogen and oxygen atoms in total. The van der Waals surface area contributed by atoms with Crippen LogP contribution >= 0.6 is 0 Å². The molecule has 0 saturated heterocycles. The fourth-order valence-corrected chi connectivity index (χ4v) is 6.57. The van der Waals surface area contributed by atoms with Crippen LogP contribution in [-0.2, 0) is 19.8 Å². The molecule has 5 aromatic carbocycles. The minimum absolute atomic E-state index is 0.740. The van der Waals surface area contributed by atoms with Crippen molar-refractivity contribution in [2.75, 3.05) is 0 Å². The SMILES string of the molecule is [Pt][c]1c(Oc2cccc(-n3cc(-c4ccccc4)cn3)c2)ccc2c3ccccc3n(-c3cc(-c4ccccc4)ccn3)c12. The predicted molar refractivity (Wildman–Crippen MR) is 173 cm³/mol. The summed E-state index contributed by atoms with van der Waals surface area (Å²) in [5, 5.41) is 6.95.